The summed E-state index contributed by atoms with van der Waals surface area (Å²) in [5.74, 6) is -4.05. The Hall–Kier alpha value is -1.59. The summed E-state index contributed by atoms with van der Waals surface area (Å²) in [6.07, 6.45) is 0. The van der Waals surface area contributed by atoms with Crippen molar-refractivity contribution < 1.29 is 13.2 Å². The largest absolute Gasteiger partial charge is 0.355 e. The van der Waals surface area contributed by atoms with Gasteiger partial charge in [-0.2, -0.15) is 0 Å². The number of anilines is 1. The summed E-state index contributed by atoms with van der Waals surface area (Å²) in [6, 6.07) is 6.64. The zero-order chi connectivity index (χ0) is 14.9. The van der Waals surface area contributed by atoms with E-state index in [0.29, 0.717) is 21.2 Å². The summed E-state index contributed by atoms with van der Waals surface area (Å²) in [5.41, 5.74) is 1.08. The van der Waals surface area contributed by atoms with E-state index in [1.54, 1.807) is 18.2 Å². The molecular weight excluding hydrogens is 307 g/mol. The monoisotopic (exact) mass is 315 g/mol. The average Bonchev–Trinajstić information content (AvgIpc) is 2.39. The highest BCUT2D eigenvalue weighted by molar-refractivity contribution is 7.80. The van der Waals surface area contributed by atoms with E-state index in [9.17, 15) is 13.2 Å². The molecule has 0 aliphatic carbocycles. The van der Waals surface area contributed by atoms with Crippen LogP contribution in [0.15, 0.2) is 41.8 Å². The minimum atomic E-state index is -1.51. The van der Waals surface area contributed by atoms with Gasteiger partial charge in [0, 0.05) is 28.4 Å². The van der Waals surface area contributed by atoms with Crippen molar-refractivity contribution in [1.82, 2.24) is 0 Å². The van der Waals surface area contributed by atoms with Gasteiger partial charge >= 0.3 is 0 Å². The first-order valence-corrected chi connectivity index (χ1v) is 6.30. The molecule has 0 amide bonds. The predicted octanol–water partition coefficient (Wildman–Crippen LogP) is 5.13. The summed E-state index contributed by atoms with van der Waals surface area (Å²) < 4.78 is 39.0. The van der Waals surface area contributed by atoms with Gasteiger partial charge in [-0.3, -0.25) is 0 Å². The minimum Gasteiger partial charge on any atom is -0.355 e. The Morgan fingerprint density at radius 1 is 1.10 bits per heavy atom. The molecule has 0 atom stereocenters. The SMILES string of the molecule is C=C(Nc1cc(F)c(F)c(F)c1)c1ccc(Cl)c(S)c1. The van der Waals surface area contributed by atoms with Gasteiger partial charge in [0.05, 0.1) is 5.02 Å². The van der Waals surface area contributed by atoms with E-state index >= 15 is 0 Å². The zero-order valence-electron chi connectivity index (χ0n) is 10.1. The van der Waals surface area contributed by atoms with Gasteiger partial charge in [-0.1, -0.05) is 24.2 Å². The Morgan fingerprint density at radius 3 is 2.25 bits per heavy atom. The van der Waals surface area contributed by atoms with Gasteiger partial charge < -0.3 is 5.32 Å². The lowest BCUT2D eigenvalue weighted by molar-refractivity contribution is 0.448. The van der Waals surface area contributed by atoms with E-state index in [0.717, 1.165) is 12.1 Å². The maximum absolute atomic E-state index is 13.1. The lowest BCUT2D eigenvalue weighted by Gasteiger charge is -2.11. The maximum Gasteiger partial charge on any atom is 0.194 e. The topological polar surface area (TPSA) is 12.0 Å². The van der Waals surface area contributed by atoms with Gasteiger partial charge in [0.2, 0.25) is 0 Å². The Kier molecular flexibility index (Phi) is 4.30. The molecule has 0 aliphatic rings. The number of halogens is 4. The highest BCUT2D eigenvalue weighted by Crippen LogP contribution is 2.26. The molecule has 2 aromatic carbocycles. The second kappa shape index (κ2) is 5.81. The Bertz CT molecular complexity index is 665. The van der Waals surface area contributed by atoms with Crippen LogP contribution in [0.4, 0.5) is 18.9 Å². The second-order valence-electron chi connectivity index (χ2n) is 4.02. The van der Waals surface area contributed by atoms with Crippen LogP contribution in [0.5, 0.6) is 0 Å². The summed E-state index contributed by atoms with van der Waals surface area (Å²) in [6.45, 7) is 3.75. The van der Waals surface area contributed by atoms with Crippen LogP contribution in [0.3, 0.4) is 0 Å². The maximum atomic E-state index is 13.1. The van der Waals surface area contributed by atoms with E-state index in [1.165, 1.54) is 0 Å². The van der Waals surface area contributed by atoms with Crippen molar-refractivity contribution in [3.05, 3.63) is 64.9 Å². The molecule has 0 heterocycles. The van der Waals surface area contributed by atoms with Crippen molar-refractivity contribution in [2.75, 3.05) is 5.32 Å². The number of thiol groups is 1. The molecule has 0 radical (unpaired) electrons. The molecule has 0 spiro atoms. The lowest BCUT2D eigenvalue weighted by atomic mass is 10.1. The van der Waals surface area contributed by atoms with E-state index < -0.39 is 17.5 Å². The molecule has 0 fully saturated rings. The normalized spacial score (nSPS) is 10.4. The molecule has 6 heteroatoms. The third-order valence-electron chi connectivity index (χ3n) is 2.57. The zero-order valence-corrected chi connectivity index (χ0v) is 11.7. The molecule has 2 aromatic rings. The van der Waals surface area contributed by atoms with Gasteiger partial charge in [-0.15, -0.1) is 12.6 Å². The summed E-state index contributed by atoms with van der Waals surface area (Å²) in [4.78, 5) is 0.545. The number of benzene rings is 2. The molecule has 0 saturated carbocycles. The predicted molar refractivity (Wildman–Crippen MR) is 77.7 cm³/mol. The first-order valence-electron chi connectivity index (χ1n) is 5.48. The first-order chi connectivity index (χ1) is 9.38. The van der Waals surface area contributed by atoms with Crippen LogP contribution in [-0.4, -0.2) is 0 Å². The van der Waals surface area contributed by atoms with Crippen molar-refractivity contribution in [2.24, 2.45) is 0 Å². The Labute approximate surface area is 124 Å². The molecule has 1 N–H and O–H groups in total. The molecular formula is C14H9ClF3NS. The lowest BCUT2D eigenvalue weighted by Crippen LogP contribution is -2.00. The van der Waals surface area contributed by atoms with Crippen LogP contribution in [0.25, 0.3) is 5.70 Å². The van der Waals surface area contributed by atoms with Crippen LogP contribution >= 0.6 is 24.2 Å². The van der Waals surface area contributed by atoms with Crippen LogP contribution < -0.4 is 5.32 Å². The Morgan fingerprint density at radius 2 is 1.70 bits per heavy atom. The van der Waals surface area contributed by atoms with Crippen molar-refractivity contribution in [3.63, 3.8) is 0 Å². The summed E-state index contributed by atoms with van der Waals surface area (Å²) in [5, 5.41) is 3.17. The van der Waals surface area contributed by atoms with Gasteiger partial charge in [0.25, 0.3) is 0 Å². The van der Waals surface area contributed by atoms with E-state index in [1.807, 2.05) is 0 Å². The number of nitrogens with one attached hydrogen (secondary N) is 1. The molecule has 0 aromatic heterocycles. The number of hydrogen-bond donors (Lipinski definition) is 2. The minimum absolute atomic E-state index is 0.0575. The van der Waals surface area contributed by atoms with Gasteiger partial charge in [0.15, 0.2) is 17.5 Å². The average molecular weight is 316 g/mol. The van der Waals surface area contributed by atoms with E-state index in [-0.39, 0.29) is 5.69 Å². The fourth-order valence-corrected chi connectivity index (χ4v) is 1.91. The molecule has 1 nitrogen and oxygen atoms in total. The van der Waals surface area contributed by atoms with Crippen LogP contribution in [-0.2, 0) is 0 Å². The quantitative estimate of drug-likeness (QED) is 0.591. The molecule has 2 rings (SSSR count). The highest BCUT2D eigenvalue weighted by Gasteiger charge is 2.11. The summed E-state index contributed by atoms with van der Waals surface area (Å²) in [7, 11) is 0. The van der Waals surface area contributed by atoms with Gasteiger partial charge in [-0.05, 0) is 17.7 Å². The van der Waals surface area contributed by atoms with E-state index in [2.05, 4.69) is 24.5 Å². The molecule has 0 unspecified atom stereocenters. The number of rotatable bonds is 3. The van der Waals surface area contributed by atoms with Gasteiger partial charge in [0.1, 0.15) is 0 Å². The molecule has 104 valence electrons. The third kappa shape index (κ3) is 3.11. The molecule has 20 heavy (non-hydrogen) atoms. The third-order valence-corrected chi connectivity index (χ3v) is 3.40. The van der Waals surface area contributed by atoms with Crippen molar-refractivity contribution >= 4 is 35.6 Å². The van der Waals surface area contributed by atoms with Gasteiger partial charge in [-0.25, -0.2) is 13.2 Å². The second-order valence-corrected chi connectivity index (χ2v) is 4.91. The van der Waals surface area contributed by atoms with Crippen molar-refractivity contribution in [2.45, 2.75) is 4.90 Å². The fraction of sp³-hybridized carbons (Fsp3) is 0. The molecule has 0 aliphatic heterocycles. The number of hydrogen-bond acceptors (Lipinski definition) is 2. The standard InChI is InChI=1S/C14H9ClF3NS/c1-7(8-2-3-10(15)13(20)4-8)19-9-5-11(16)14(18)12(17)6-9/h2-6,19-20H,1H2. The van der Waals surface area contributed by atoms with Crippen molar-refractivity contribution in [3.8, 4) is 0 Å². The van der Waals surface area contributed by atoms with Crippen molar-refractivity contribution in [1.29, 1.82) is 0 Å². The molecule has 0 bridgehead atoms. The van der Waals surface area contributed by atoms with E-state index in [4.69, 9.17) is 11.6 Å². The first kappa shape index (κ1) is 14.8. The van der Waals surface area contributed by atoms with Crippen LogP contribution in [0.1, 0.15) is 5.56 Å². The fourth-order valence-electron chi connectivity index (χ4n) is 1.57. The summed E-state index contributed by atoms with van der Waals surface area (Å²) >= 11 is 10.0. The smallest absolute Gasteiger partial charge is 0.194 e. The van der Waals surface area contributed by atoms with Crippen LogP contribution in [0.2, 0.25) is 5.02 Å². The van der Waals surface area contributed by atoms with Crippen LogP contribution in [0, 0.1) is 17.5 Å². The molecule has 0 saturated heterocycles. The highest BCUT2D eigenvalue weighted by atomic mass is 35.5. The Balaban J connectivity index is 2.25.